The number of hydrogen-bond donors (Lipinski definition) is 2. The molecule has 5 nitrogen and oxygen atoms in total. The number of fused-ring (bicyclic) bond motifs is 1. The van der Waals surface area contributed by atoms with E-state index in [0.717, 1.165) is 17.5 Å². The van der Waals surface area contributed by atoms with Gasteiger partial charge in [0.25, 0.3) is 0 Å². The Morgan fingerprint density at radius 3 is 2.69 bits per heavy atom. The Balaban J connectivity index is 1.52. The van der Waals surface area contributed by atoms with E-state index in [1.807, 2.05) is 48.5 Å². The summed E-state index contributed by atoms with van der Waals surface area (Å²) in [4.78, 5) is 16.6. The quantitative estimate of drug-likeness (QED) is 0.451. The number of carbonyl (C=O) groups is 1. The number of aromatic hydroxyl groups is 1. The Hall–Kier alpha value is -3.86. The van der Waals surface area contributed by atoms with E-state index in [4.69, 9.17) is 4.42 Å². The van der Waals surface area contributed by atoms with Crippen molar-refractivity contribution in [1.29, 1.82) is 0 Å². The molecule has 0 spiro atoms. The lowest BCUT2D eigenvalue weighted by Crippen LogP contribution is -2.07. The fraction of sp³-hybridized carbons (Fsp3) is 0.0833. The van der Waals surface area contributed by atoms with Crippen LogP contribution in [0.1, 0.15) is 18.1 Å². The first-order valence-electron chi connectivity index (χ1n) is 9.39. The van der Waals surface area contributed by atoms with Crippen molar-refractivity contribution in [3.05, 3.63) is 83.9 Å². The maximum absolute atomic E-state index is 12.1. The molecule has 0 aliphatic heterocycles. The molecular weight excluding hydrogens is 364 g/mol. The fourth-order valence-corrected chi connectivity index (χ4v) is 3.02. The second-order valence-corrected chi connectivity index (χ2v) is 6.64. The van der Waals surface area contributed by atoms with E-state index in [2.05, 4.69) is 17.2 Å². The van der Waals surface area contributed by atoms with Gasteiger partial charge in [-0.25, -0.2) is 4.98 Å². The van der Waals surface area contributed by atoms with Crippen LogP contribution in [0.25, 0.3) is 28.6 Å². The number of nitrogens with zero attached hydrogens (tertiary/aromatic N) is 1. The van der Waals surface area contributed by atoms with Gasteiger partial charge in [0.05, 0.1) is 5.56 Å². The first-order valence-corrected chi connectivity index (χ1v) is 9.39. The summed E-state index contributed by atoms with van der Waals surface area (Å²) in [5.41, 5.74) is 4.48. The molecule has 0 unspecified atom stereocenters. The normalized spacial score (nSPS) is 11.2. The Kier molecular flexibility index (Phi) is 5.12. The van der Waals surface area contributed by atoms with Crippen LogP contribution in [-0.2, 0) is 11.2 Å². The monoisotopic (exact) mass is 384 g/mol. The number of carbonyl (C=O) groups excluding carboxylic acids is 1. The van der Waals surface area contributed by atoms with Gasteiger partial charge < -0.3 is 14.8 Å². The molecule has 0 aliphatic carbocycles. The highest BCUT2D eigenvalue weighted by Crippen LogP contribution is 2.33. The average molecular weight is 384 g/mol. The molecule has 0 fully saturated rings. The number of phenolic OH excluding ortho intramolecular Hbond substituents is 1. The van der Waals surface area contributed by atoms with E-state index >= 15 is 0 Å². The van der Waals surface area contributed by atoms with Crippen molar-refractivity contribution in [3.8, 4) is 17.2 Å². The SMILES string of the molecule is CCc1ccc2oc(-c3ccc(NC(=O)C=Cc4ccccc4)cc3O)nc2c1. The summed E-state index contributed by atoms with van der Waals surface area (Å²) >= 11 is 0. The van der Waals surface area contributed by atoms with E-state index in [1.54, 1.807) is 18.2 Å². The standard InChI is InChI=1S/C24H20N2O3/c1-2-16-8-12-22-20(14-16)26-24(29-22)19-11-10-18(15-21(19)27)25-23(28)13-9-17-6-4-3-5-7-17/h3-15,27H,2H2,1H3,(H,25,28). The molecule has 144 valence electrons. The fourth-order valence-electron chi connectivity index (χ4n) is 3.02. The number of rotatable bonds is 5. The van der Waals surface area contributed by atoms with Crippen molar-refractivity contribution in [2.45, 2.75) is 13.3 Å². The van der Waals surface area contributed by atoms with Gasteiger partial charge in [-0.15, -0.1) is 0 Å². The second kappa shape index (κ2) is 8.02. The van der Waals surface area contributed by atoms with E-state index in [9.17, 15) is 9.90 Å². The predicted octanol–water partition coefficient (Wildman–Crippen LogP) is 5.41. The van der Waals surface area contributed by atoms with Crippen LogP contribution in [0.4, 0.5) is 5.69 Å². The lowest BCUT2D eigenvalue weighted by Gasteiger charge is -2.05. The summed E-state index contributed by atoms with van der Waals surface area (Å²) in [5.74, 6) is 0.0414. The van der Waals surface area contributed by atoms with E-state index < -0.39 is 0 Å². The van der Waals surface area contributed by atoms with Crippen LogP contribution in [0.3, 0.4) is 0 Å². The summed E-state index contributed by atoms with van der Waals surface area (Å²) in [7, 11) is 0. The molecule has 0 saturated carbocycles. The van der Waals surface area contributed by atoms with Crippen molar-refractivity contribution >= 4 is 28.8 Å². The first kappa shape index (κ1) is 18.5. The van der Waals surface area contributed by atoms with Gasteiger partial charge in [-0.05, 0) is 47.9 Å². The van der Waals surface area contributed by atoms with Crippen molar-refractivity contribution in [2.24, 2.45) is 0 Å². The van der Waals surface area contributed by atoms with Crippen LogP contribution >= 0.6 is 0 Å². The molecule has 1 aromatic heterocycles. The number of aromatic nitrogens is 1. The minimum Gasteiger partial charge on any atom is -0.507 e. The maximum Gasteiger partial charge on any atom is 0.248 e. The number of oxazole rings is 1. The summed E-state index contributed by atoms with van der Waals surface area (Å²) in [6, 6.07) is 20.3. The predicted molar refractivity (Wildman–Crippen MR) is 115 cm³/mol. The molecule has 1 amide bonds. The van der Waals surface area contributed by atoms with Gasteiger partial charge in [0.2, 0.25) is 11.8 Å². The number of benzene rings is 3. The van der Waals surface area contributed by atoms with Crippen LogP contribution in [0.15, 0.2) is 77.2 Å². The number of anilines is 1. The lowest BCUT2D eigenvalue weighted by molar-refractivity contribution is -0.111. The molecule has 4 rings (SSSR count). The Labute approximate surface area is 168 Å². The summed E-state index contributed by atoms with van der Waals surface area (Å²) in [5, 5.41) is 13.2. The van der Waals surface area contributed by atoms with Crippen LogP contribution in [0, 0.1) is 0 Å². The summed E-state index contributed by atoms with van der Waals surface area (Å²) < 4.78 is 5.77. The van der Waals surface area contributed by atoms with Crippen LogP contribution in [0.5, 0.6) is 5.75 Å². The molecule has 0 aliphatic rings. The van der Waals surface area contributed by atoms with Crippen LogP contribution < -0.4 is 5.32 Å². The van der Waals surface area contributed by atoms with Crippen LogP contribution in [-0.4, -0.2) is 16.0 Å². The van der Waals surface area contributed by atoms with Crippen molar-refractivity contribution in [2.75, 3.05) is 5.32 Å². The van der Waals surface area contributed by atoms with E-state index in [-0.39, 0.29) is 11.7 Å². The van der Waals surface area contributed by atoms with Gasteiger partial charge in [-0.2, -0.15) is 0 Å². The molecule has 0 saturated heterocycles. The Morgan fingerprint density at radius 2 is 1.93 bits per heavy atom. The van der Waals surface area contributed by atoms with Gasteiger partial charge >= 0.3 is 0 Å². The van der Waals surface area contributed by atoms with Crippen molar-refractivity contribution in [1.82, 2.24) is 4.98 Å². The molecule has 1 heterocycles. The zero-order valence-electron chi connectivity index (χ0n) is 15.9. The highest BCUT2D eigenvalue weighted by molar-refractivity contribution is 6.02. The highest BCUT2D eigenvalue weighted by atomic mass is 16.3. The molecule has 0 radical (unpaired) electrons. The third-order valence-corrected chi connectivity index (χ3v) is 4.58. The summed E-state index contributed by atoms with van der Waals surface area (Å²) in [6.45, 7) is 2.08. The number of aryl methyl sites for hydroxylation is 1. The van der Waals surface area contributed by atoms with E-state index in [0.29, 0.717) is 22.7 Å². The Morgan fingerprint density at radius 1 is 1.10 bits per heavy atom. The number of phenols is 1. The number of nitrogens with one attached hydrogen (secondary N) is 1. The molecule has 3 aromatic carbocycles. The molecule has 5 heteroatoms. The number of amides is 1. The Bertz CT molecular complexity index is 1190. The van der Waals surface area contributed by atoms with Gasteiger partial charge in [0.1, 0.15) is 11.3 Å². The van der Waals surface area contributed by atoms with E-state index in [1.165, 1.54) is 17.7 Å². The van der Waals surface area contributed by atoms with Gasteiger partial charge in [-0.3, -0.25) is 4.79 Å². The summed E-state index contributed by atoms with van der Waals surface area (Å²) in [6.07, 6.45) is 4.09. The molecule has 0 atom stereocenters. The molecule has 29 heavy (non-hydrogen) atoms. The molecular formula is C24H20N2O3. The first-order chi connectivity index (χ1) is 14.1. The van der Waals surface area contributed by atoms with Crippen molar-refractivity contribution in [3.63, 3.8) is 0 Å². The minimum absolute atomic E-state index is 0.0166. The molecule has 2 N–H and O–H groups in total. The minimum atomic E-state index is -0.282. The average Bonchev–Trinajstić information content (AvgIpc) is 3.16. The lowest BCUT2D eigenvalue weighted by atomic mass is 10.1. The van der Waals surface area contributed by atoms with Gasteiger partial charge in [0, 0.05) is 17.8 Å². The van der Waals surface area contributed by atoms with Gasteiger partial charge in [0.15, 0.2) is 5.58 Å². The third kappa shape index (κ3) is 4.19. The van der Waals surface area contributed by atoms with Crippen LogP contribution in [0.2, 0.25) is 0 Å². The topological polar surface area (TPSA) is 75.4 Å². The number of hydrogen-bond acceptors (Lipinski definition) is 4. The molecule has 0 bridgehead atoms. The van der Waals surface area contributed by atoms with Crippen molar-refractivity contribution < 1.29 is 14.3 Å². The van der Waals surface area contributed by atoms with Gasteiger partial charge in [-0.1, -0.05) is 43.3 Å². The maximum atomic E-state index is 12.1. The third-order valence-electron chi connectivity index (χ3n) is 4.58. The largest absolute Gasteiger partial charge is 0.507 e. The molecule has 4 aromatic rings. The highest BCUT2D eigenvalue weighted by Gasteiger charge is 2.13. The smallest absolute Gasteiger partial charge is 0.248 e. The zero-order chi connectivity index (χ0) is 20.2. The second-order valence-electron chi connectivity index (χ2n) is 6.64. The zero-order valence-corrected chi connectivity index (χ0v) is 15.9.